The van der Waals surface area contributed by atoms with Gasteiger partial charge in [-0.25, -0.2) is 4.79 Å². The Hall–Kier alpha value is -2.27. The lowest BCUT2D eigenvalue weighted by Gasteiger charge is -2.18. The lowest BCUT2D eigenvalue weighted by molar-refractivity contribution is 0.0696. The zero-order valence-corrected chi connectivity index (χ0v) is 12.0. The molecule has 1 N–H and O–H groups in total. The van der Waals surface area contributed by atoms with Gasteiger partial charge < -0.3 is 5.11 Å². The van der Waals surface area contributed by atoms with Crippen LogP contribution in [-0.4, -0.2) is 39.5 Å². The van der Waals surface area contributed by atoms with Crippen LogP contribution in [0.1, 0.15) is 34.8 Å². The van der Waals surface area contributed by atoms with Crippen molar-refractivity contribution in [2.45, 2.75) is 18.9 Å². The molecule has 3 rings (SSSR count). The first kappa shape index (κ1) is 15.1. The number of aromatic carboxylic acids is 1. The van der Waals surface area contributed by atoms with E-state index in [1.165, 1.54) is 43.4 Å². The van der Waals surface area contributed by atoms with E-state index < -0.39 is 5.97 Å². The number of hydrogen-bond acceptors (Lipinski definition) is 4. The fraction of sp³-hybridized carbons (Fsp3) is 0.312. The van der Waals surface area contributed by atoms with Crippen molar-refractivity contribution < 1.29 is 9.90 Å². The molecule has 2 aromatic rings. The Morgan fingerprint density at radius 2 is 1.95 bits per heavy atom. The Morgan fingerprint density at radius 1 is 1.24 bits per heavy atom. The number of rotatable bonds is 2. The molecule has 0 spiro atoms. The molecule has 0 bridgehead atoms. The van der Waals surface area contributed by atoms with Crippen LogP contribution in [0, 0.1) is 0 Å². The van der Waals surface area contributed by atoms with Crippen LogP contribution in [0.2, 0.25) is 0 Å². The first-order valence-corrected chi connectivity index (χ1v) is 6.92. The van der Waals surface area contributed by atoms with Gasteiger partial charge in [0.05, 0.1) is 5.56 Å². The van der Waals surface area contributed by atoms with Crippen molar-refractivity contribution in [2.75, 3.05) is 13.6 Å². The van der Waals surface area contributed by atoms with Crippen molar-refractivity contribution in [3.05, 3.63) is 60.2 Å². The Bertz CT molecular complexity index is 560. The maximum Gasteiger partial charge on any atom is 0.337 e. The highest BCUT2D eigenvalue weighted by molar-refractivity contribution is 5.86. The molecule has 2 aromatic heterocycles. The van der Waals surface area contributed by atoms with E-state index in [2.05, 4.69) is 28.0 Å². The lowest BCUT2D eigenvalue weighted by atomic mass is 10.1. The second-order valence-corrected chi connectivity index (χ2v) is 4.97. The van der Waals surface area contributed by atoms with E-state index in [0.29, 0.717) is 6.04 Å². The molecule has 0 aliphatic carbocycles. The number of aromatic nitrogens is 2. The highest BCUT2D eigenvalue weighted by Crippen LogP contribution is 2.29. The third-order valence-electron chi connectivity index (χ3n) is 3.50. The smallest absolute Gasteiger partial charge is 0.337 e. The van der Waals surface area contributed by atoms with Gasteiger partial charge in [-0.2, -0.15) is 0 Å². The molecule has 1 atom stereocenters. The molecule has 110 valence electrons. The summed E-state index contributed by atoms with van der Waals surface area (Å²) in [6.07, 6.45) is 9.25. The van der Waals surface area contributed by atoms with Gasteiger partial charge in [-0.1, -0.05) is 6.07 Å². The van der Waals surface area contributed by atoms with E-state index >= 15 is 0 Å². The average molecular weight is 285 g/mol. The topological polar surface area (TPSA) is 66.3 Å². The third kappa shape index (κ3) is 4.36. The van der Waals surface area contributed by atoms with Gasteiger partial charge in [-0.15, -0.1) is 0 Å². The van der Waals surface area contributed by atoms with E-state index in [9.17, 15) is 4.79 Å². The van der Waals surface area contributed by atoms with Gasteiger partial charge in [0.1, 0.15) is 0 Å². The summed E-state index contributed by atoms with van der Waals surface area (Å²) in [5, 5.41) is 8.34. The fourth-order valence-corrected chi connectivity index (χ4v) is 2.39. The summed E-state index contributed by atoms with van der Waals surface area (Å²) in [4.78, 5) is 20.3. The summed E-state index contributed by atoms with van der Waals surface area (Å²) >= 11 is 0. The van der Waals surface area contributed by atoms with Crippen LogP contribution >= 0.6 is 0 Å². The van der Waals surface area contributed by atoms with Crippen LogP contribution in [0.15, 0.2) is 49.1 Å². The monoisotopic (exact) mass is 285 g/mol. The second-order valence-electron chi connectivity index (χ2n) is 4.97. The molecule has 1 saturated heterocycles. The van der Waals surface area contributed by atoms with Crippen molar-refractivity contribution in [3.8, 4) is 0 Å². The standard InChI is InChI=1S/C10H14N2.C6H5NO2/c1-12-7-3-5-10(12)9-4-2-6-11-8-9;8-6(9)5-2-1-3-7-4-5/h2,4,6,8,10H,3,5,7H2,1H3;1-4H,(H,8,9)/t10-;/m0./s1. The SMILES string of the molecule is CN1CCC[C@H]1c1cccnc1.O=C(O)c1cccnc1. The van der Waals surface area contributed by atoms with Crippen molar-refractivity contribution in [3.63, 3.8) is 0 Å². The summed E-state index contributed by atoms with van der Waals surface area (Å²) in [6.45, 7) is 1.22. The quantitative estimate of drug-likeness (QED) is 0.918. The largest absolute Gasteiger partial charge is 0.478 e. The van der Waals surface area contributed by atoms with Gasteiger partial charge in [0.25, 0.3) is 0 Å². The van der Waals surface area contributed by atoms with E-state index in [1.54, 1.807) is 6.07 Å². The number of likely N-dealkylation sites (tertiary alicyclic amines) is 1. The minimum Gasteiger partial charge on any atom is -0.478 e. The molecule has 21 heavy (non-hydrogen) atoms. The zero-order valence-electron chi connectivity index (χ0n) is 12.0. The molecule has 0 radical (unpaired) electrons. The normalized spacial score (nSPS) is 17.9. The molecular weight excluding hydrogens is 266 g/mol. The van der Waals surface area contributed by atoms with Gasteiger partial charge in [-0.05, 0) is 50.2 Å². The molecule has 1 aliphatic heterocycles. The number of carboxylic acid groups (broad SMARTS) is 1. The first-order valence-electron chi connectivity index (χ1n) is 6.92. The Labute approximate surface area is 124 Å². The lowest BCUT2D eigenvalue weighted by Crippen LogP contribution is -2.17. The highest BCUT2D eigenvalue weighted by atomic mass is 16.4. The predicted molar refractivity (Wildman–Crippen MR) is 80.0 cm³/mol. The van der Waals surface area contributed by atoms with Crippen molar-refractivity contribution in [2.24, 2.45) is 0 Å². The molecular formula is C16H19N3O2. The van der Waals surface area contributed by atoms with Crippen LogP contribution in [0.4, 0.5) is 0 Å². The van der Waals surface area contributed by atoms with Gasteiger partial charge in [0.2, 0.25) is 0 Å². The van der Waals surface area contributed by atoms with Gasteiger partial charge in [0, 0.05) is 30.8 Å². The number of carboxylic acids is 1. The maximum absolute atomic E-state index is 10.2. The van der Waals surface area contributed by atoms with Crippen LogP contribution < -0.4 is 0 Å². The minimum atomic E-state index is -0.942. The molecule has 1 fully saturated rings. The summed E-state index contributed by atoms with van der Waals surface area (Å²) < 4.78 is 0. The van der Waals surface area contributed by atoms with Crippen LogP contribution in [0.3, 0.4) is 0 Å². The Morgan fingerprint density at radius 3 is 2.38 bits per heavy atom. The molecule has 3 heterocycles. The summed E-state index contributed by atoms with van der Waals surface area (Å²) in [7, 11) is 2.19. The maximum atomic E-state index is 10.2. The molecule has 0 amide bonds. The zero-order chi connectivity index (χ0) is 15.1. The summed E-state index contributed by atoms with van der Waals surface area (Å²) in [5.74, 6) is -0.942. The molecule has 0 aromatic carbocycles. The minimum absolute atomic E-state index is 0.220. The van der Waals surface area contributed by atoms with E-state index in [1.807, 2.05) is 18.5 Å². The third-order valence-corrected chi connectivity index (χ3v) is 3.50. The Balaban J connectivity index is 0.000000161. The highest BCUT2D eigenvalue weighted by Gasteiger charge is 2.21. The van der Waals surface area contributed by atoms with Crippen LogP contribution in [0.5, 0.6) is 0 Å². The summed E-state index contributed by atoms with van der Waals surface area (Å²) in [6, 6.07) is 7.87. The van der Waals surface area contributed by atoms with Crippen LogP contribution in [0.25, 0.3) is 0 Å². The Kier molecular flexibility index (Phi) is 5.40. The molecule has 0 saturated carbocycles. The van der Waals surface area contributed by atoms with E-state index in [-0.39, 0.29) is 5.56 Å². The van der Waals surface area contributed by atoms with Crippen molar-refractivity contribution in [1.29, 1.82) is 0 Å². The van der Waals surface area contributed by atoms with Gasteiger partial charge in [-0.3, -0.25) is 14.9 Å². The van der Waals surface area contributed by atoms with E-state index in [4.69, 9.17) is 5.11 Å². The van der Waals surface area contributed by atoms with Gasteiger partial charge >= 0.3 is 5.97 Å². The number of hydrogen-bond donors (Lipinski definition) is 1. The molecule has 5 nitrogen and oxygen atoms in total. The van der Waals surface area contributed by atoms with E-state index in [0.717, 1.165) is 0 Å². The number of carbonyl (C=O) groups is 1. The molecule has 0 unspecified atom stereocenters. The molecule has 5 heteroatoms. The fourth-order valence-electron chi connectivity index (χ4n) is 2.39. The molecule has 1 aliphatic rings. The van der Waals surface area contributed by atoms with Crippen molar-refractivity contribution >= 4 is 5.97 Å². The predicted octanol–water partition coefficient (Wildman–Crippen LogP) is 2.63. The second kappa shape index (κ2) is 7.50. The first-order chi connectivity index (χ1) is 10.2. The number of nitrogens with zero attached hydrogens (tertiary/aromatic N) is 3. The number of pyridine rings is 2. The average Bonchev–Trinajstić information content (AvgIpc) is 2.96. The summed E-state index contributed by atoms with van der Waals surface area (Å²) in [5.41, 5.74) is 1.58. The van der Waals surface area contributed by atoms with Crippen molar-refractivity contribution in [1.82, 2.24) is 14.9 Å². The van der Waals surface area contributed by atoms with Crippen LogP contribution in [-0.2, 0) is 0 Å². The van der Waals surface area contributed by atoms with Gasteiger partial charge in [0.15, 0.2) is 0 Å².